The van der Waals surface area contributed by atoms with Crippen LogP contribution in [-0.2, 0) is 4.79 Å². The molecule has 1 rings (SSSR count). The Morgan fingerprint density at radius 3 is 1.88 bits per heavy atom. The van der Waals surface area contributed by atoms with E-state index in [-0.39, 0.29) is 8.65 Å². The Hall–Kier alpha value is 0.430. The first kappa shape index (κ1) is 15.5. The molecule has 0 aromatic heterocycles. The van der Waals surface area contributed by atoms with E-state index >= 15 is 0 Å². The van der Waals surface area contributed by atoms with Crippen molar-refractivity contribution in [1.82, 2.24) is 4.90 Å². The minimum atomic E-state index is -0.255. The zero-order valence-electron chi connectivity index (χ0n) is 11.1. The van der Waals surface area contributed by atoms with Gasteiger partial charge in [0.1, 0.15) is 0 Å². The highest BCUT2D eigenvalue weighted by Gasteiger charge is 2.67. The maximum absolute atomic E-state index is 12.5. The molecule has 0 aromatic rings. The van der Waals surface area contributed by atoms with Crippen LogP contribution in [0.5, 0.6) is 0 Å². The lowest BCUT2D eigenvalue weighted by molar-refractivity contribution is -0.136. The number of hydrogen-bond donors (Lipinski definition) is 0. The Kier molecular flexibility index (Phi) is 5.51. The molecule has 1 amide bonds. The van der Waals surface area contributed by atoms with Gasteiger partial charge in [-0.1, -0.05) is 58.5 Å². The molecule has 100 valence electrons. The summed E-state index contributed by atoms with van der Waals surface area (Å²) in [5, 5.41) is 0. The number of alkyl halides is 2. The predicted molar refractivity (Wildman–Crippen MR) is 79.7 cm³/mol. The molecule has 0 aromatic carbocycles. The van der Waals surface area contributed by atoms with Crippen LogP contribution in [0.4, 0.5) is 0 Å². The molecule has 1 aliphatic rings. The Balaban J connectivity index is 2.60. The molecule has 4 heteroatoms. The fourth-order valence-corrected chi connectivity index (χ4v) is 3.45. The van der Waals surface area contributed by atoms with E-state index in [9.17, 15) is 4.79 Å². The number of carbonyl (C=O) groups excluding carboxylic acids is 1. The van der Waals surface area contributed by atoms with Crippen LogP contribution in [0.3, 0.4) is 0 Å². The lowest BCUT2D eigenvalue weighted by Crippen LogP contribution is -2.39. The summed E-state index contributed by atoms with van der Waals surface area (Å²) < 4.78 is -0.166. The van der Waals surface area contributed by atoms with Crippen LogP contribution < -0.4 is 0 Å². The number of hydrogen-bond acceptors (Lipinski definition) is 1. The second-order valence-corrected chi connectivity index (χ2v) is 8.98. The largest absolute Gasteiger partial charge is 0.342 e. The van der Waals surface area contributed by atoms with Gasteiger partial charge >= 0.3 is 0 Å². The molecule has 0 saturated heterocycles. The highest BCUT2D eigenvalue weighted by atomic mass is 79.9. The smallest absolute Gasteiger partial charge is 0.230 e. The fourth-order valence-electron chi connectivity index (χ4n) is 1.99. The molecule has 0 radical (unpaired) electrons. The Labute approximate surface area is 122 Å². The lowest BCUT2D eigenvalue weighted by Gasteiger charge is -2.26. The summed E-state index contributed by atoms with van der Waals surface area (Å²) in [7, 11) is 0. The second kappa shape index (κ2) is 6.05. The van der Waals surface area contributed by atoms with E-state index in [1.54, 1.807) is 0 Å². The van der Waals surface area contributed by atoms with Gasteiger partial charge in [-0.2, -0.15) is 0 Å². The monoisotopic (exact) mass is 367 g/mol. The molecule has 2 nitrogen and oxygen atoms in total. The molecule has 0 heterocycles. The SMILES string of the molecule is CCCCN(CCCC)C(=O)[C@]1(C)CC1(Br)Br. The molecule has 1 saturated carbocycles. The summed E-state index contributed by atoms with van der Waals surface area (Å²) in [6.45, 7) is 8.19. The van der Waals surface area contributed by atoms with Gasteiger partial charge in [-0.05, 0) is 26.2 Å². The van der Waals surface area contributed by atoms with Crippen molar-refractivity contribution in [1.29, 1.82) is 0 Å². The number of halogens is 2. The first-order valence-electron chi connectivity index (χ1n) is 6.56. The third kappa shape index (κ3) is 3.46. The fraction of sp³-hybridized carbons (Fsp3) is 0.923. The third-order valence-electron chi connectivity index (χ3n) is 3.58. The lowest BCUT2D eigenvalue weighted by atomic mass is 10.1. The molecule has 0 aliphatic heterocycles. The van der Waals surface area contributed by atoms with Gasteiger partial charge in [0, 0.05) is 13.1 Å². The highest BCUT2D eigenvalue weighted by molar-refractivity contribution is 9.25. The van der Waals surface area contributed by atoms with Crippen LogP contribution >= 0.6 is 31.9 Å². The average Bonchev–Trinajstić information content (AvgIpc) is 2.79. The third-order valence-corrected chi connectivity index (χ3v) is 5.89. The Morgan fingerprint density at radius 1 is 1.18 bits per heavy atom. The summed E-state index contributed by atoms with van der Waals surface area (Å²) in [4.78, 5) is 14.6. The quantitative estimate of drug-likeness (QED) is 0.613. The molecular weight excluding hydrogens is 346 g/mol. The summed E-state index contributed by atoms with van der Waals surface area (Å²) in [6, 6.07) is 0. The highest BCUT2D eigenvalue weighted by Crippen LogP contribution is 2.66. The van der Waals surface area contributed by atoms with Crippen LogP contribution in [0.25, 0.3) is 0 Å². The average molecular weight is 369 g/mol. The number of rotatable bonds is 7. The summed E-state index contributed by atoms with van der Waals surface area (Å²) in [6.07, 6.45) is 5.36. The Bertz CT molecular complexity index is 273. The minimum Gasteiger partial charge on any atom is -0.342 e. The summed E-state index contributed by atoms with van der Waals surface area (Å²) >= 11 is 7.17. The summed E-state index contributed by atoms with van der Waals surface area (Å²) in [5.41, 5.74) is -0.255. The standard InChI is InChI=1S/C13H23Br2NO/c1-4-6-8-16(9-7-5-2)11(17)12(3)10-13(12,14)15/h4-10H2,1-3H3/t12-/m0/s1. The molecule has 0 N–H and O–H groups in total. The van der Waals surface area contributed by atoms with Gasteiger partial charge in [-0.3, -0.25) is 4.79 Å². The van der Waals surface area contributed by atoms with E-state index in [1.807, 2.05) is 6.92 Å². The molecule has 0 unspecified atom stereocenters. The van der Waals surface area contributed by atoms with Gasteiger partial charge in [-0.25, -0.2) is 0 Å². The van der Waals surface area contributed by atoms with Crippen molar-refractivity contribution in [2.45, 2.75) is 56.1 Å². The van der Waals surface area contributed by atoms with Gasteiger partial charge in [0.2, 0.25) is 5.91 Å². The number of amides is 1. The summed E-state index contributed by atoms with van der Waals surface area (Å²) in [5.74, 6) is 0.299. The Morgan fingerprint density at radius 2 is 1.59 bits per heavy atom. The van der Waals surface area contributed by atoms with E-state index in [4.69, 9.17) is 0 Å². The minimum absolute atomic E-state index is 0.166. The van der Waals surface area contributed by atoms with Crippen molar-refractivity contribution in [3.63, 3.8) is 0 Å². The van der Waals surface area contributed by atoms with Crippen molar-refractivity contribution in [2.75, 3.05) is 13.1 Å². The first-order chi connectivity index (χ1) is 7.89. The maximum atomic E-state index is 12.5. The van der Waals surface area contributed by atoms with Gasteiger partial charge in [0.25, 0.3) is 0 Å². The van der Waals surface area contributed by atoms with Gasteiger partial charge in [-0.15, -0.1) is 0 Å². The topological polar surface area (TPSA) is 20.3 Å². The predicted octanol–water partition coefficient (Wildman–Crippen LogP) is 4.31. The maximum Gasteiger partial charge on any atom is 0.230 e. The second-order valence-electron chi connectivity index (χ2n) is 5.21. The van der Waals surface area contributed by atoms with Crippen molar-refractivity contribution in [3.8, 4) is 0 Å². The molecule has 0 spiro atoms. The van der Waals surface area contributed by atoms with E-state index in [0.29, 0.717) is 5.91 Å². The van der Waals surface area contributed by atoms with E-state index in [2.05, 4.69) is 50.6 Å². The molecule has 17 heavy (non-hydrogen) atoms. The van der Waals surface area contributed by atoms with Crippen molar-refractivity contribution < 1.29 is 4.79 Å². The number of nitrogens with zero attached hydrogens (tertiary/aromatic N) is 1. The van der Waals surface area contributed by atoms with E-state index in [0.717, 1.165) is 45.2 Å². The van der Waals surface area contributed by atoms with E-state index < -0.39 is 0 Å². The van der Waals surface area contributed by atoms with Crippen LogP contribution in [0.2, 0.25) is 0 Å². The van der Waals surface area contributed by atoms with Gasteiger partial charge in [0.15, 0.2) is 0 Å². The number of carbonyl (C=O) groups is 1. The number of unbranched alkanes of at least 4 members (excludes halogenated alkanes) is 2. The van der Waals surface area contributed by atoms with Crippen molar-refractivity contribution in [2.24, 2.45) is 5.41 Å². The van der Waals surface area contributed by atoms with Crippen molar-refractivity contribution >= 4 is 37.8 Å². The molecule has 1 atom stereocenters. The van der Waals surface area contributed by atoms with Crippen LogP contribution in [0.1, 0.15) is 52.9 Å². The van der Waals surface area contributed by atoms with Crippen molar-refractivity contribution in [3.05, 3.63) is 0 Å². The van der Waals surface area contributed by atoms with Crippen LogP contribution in [0, 0.1) is 5.41 Å². The molecular formula is C13H23Br2NO. The first-order valence-corrected chi connectivity index (χ1v) is 8.15. The van der Waals surface area contributed by atoms with Crippen LogP contribution in [0.15, 0.2) is 0 Å². The molecule has 1 aliphatic carbocycles. The zero-order chi connectivity index (χ0) is 13.1. The molecule has 1 fully saturated rings. The van der Waals surface area contributed by atoms with E-state index in [1.165, 1.54) is 0 Å². The normalized spacial score (nSPS) is 25.7. The zero-order valence-corrected chi connectivity index (χ0v) is 14.2. The molecule has 0 bridgehead atoms. The van der Waals surface area contributed by atoms with Crippen LogP contribution in [-0.4, -0.2) is 27.1 Å². The van der Waals surface area contributed by atoms with Gasteiger partial charge in [0.05, 0.1) is 8.65 Å². The van der Waals surface area contributed by atoms with Gasteiger partial charge < -0.3 is 4.90 Å².